The summed E-state index contributed by atoms with van der Waals surface area (Å²) in [5.41, 5.74) is 0. The summed E-state index contributed by atoms with van der Waals surface area (Å²) in [6, 6.07) is 0. The van der Waals surface area contributed by atoms with Crippen molar-refractivity contribution in [3.8, 4) is 0 Å². The zero-order valence-corrected chi connectivity index (χ0v) is 72.5. The van der Waals surface area contributed by atoms with Gasteiger partial charge in [0.05, 0.1) is 65.0 Å². The Bertz CT molecular complexity index is 1660. The summed E-state index contributed by atoms with van der Waals surface area (Å²) in [5, 5.41) is 36.7. The van der Waals surface area contributed by atoms with Crippen LogP contribution in [0.2, 0.25) is 0 Å². The third-order valence-corrected chi connectivity index (χ3v) is 28.8. The lowest BCUT2D eigenvalue weighted by atomic mass is 10.2. The molecule has 0 amide bonds. The van der Waals surface area contributed by atoms with Crippen LogP contribution in [0, 0.1) is 0 Å². The highest BCUT2D eigenvalue weighted by Crippen LogP contribution is 2.25. The molecule has 0 bridgehead atoms. The second-order valence-electron chi connectivity index (χ2n) is 22.6. The molecule has 0 radical (unpaired) electrons. The fraction of sp³-hybridized carbons (Fsp3) is 0.910. The van der Waals surface area contributed by atoms with Crippen molar-refractivity contribution in [2.45, 2.75) is 138 Å². The highest BCUT2D eigenvalue weighted by atomic mass is 33.1. The third-order valence-electron chi connectivity index (χ3n) is 13.4. The van der Waals surface area contributed by atoms with Gasteiger partial charge in [-0.1, -0.05) is 171 Å². The van der Waals surface area contributed by atoms with E-state index < -0.39 is 0 Å². The Labute approximate surface area is 658 Å². The number of aliphatic hydroxyl groups excluding tert-OH is 4. The second kappa shape index (κ2) is 86.2. The monoisotopic (exact) mass is 1660 g/mol. The highest BCUT2D eigenvalue weighted by molar-refractivity contribution is 8.78. The molecule has 0 unspecified atom stereocenters. The number of ether oxygens (including phenoxy) is 6. The van der Waals surface area contributed by atoms with E-state index in [0.717, 1.165) is 140 Å². The van der Waals surface area contributed by atoms with Crippen LogP contribution in [0.25, 0.3) is 0 Å². The van der Waals surface area contributed by atoms with Gasteiger partial charge in [0.1, 0.15) is 39.6 Å². The summed E-state index contributed by atoms with van der Waals surface area (Å²) in [5.74, 6) is 10.4. The number of hydrogen-bond acceptors (Lipinski definition) is 34. The molecule has 0 aliphatic carbocycles. The van der Waals surface area contributed by atoms with Crippen LogP contribution >= 0.6 is 130 Å². The lowest BCUT2D eigenvalue weighted by Crippen LogP contribution is -2.35. The summed E-state index contributed by atoms with van der Waals surface area (Å²) in [6.45, 7) is 26.0. The Morgan fingerprint density at radius 3 is 0.594 bits per heavy atom. The van der Waals surface area contributed by atoms with Gasteiger partial charge in [0.25, 0.3) is 0 Å². The molecular weight excluding hydrogens is 1530 g/mol. The molecule has 4 N–H and O–H groups in total. The Hall–Kier alpha value is 0.620. The third kappa shape index (κ3) is 82.9. The van der Waals surface area contributed by atoms with Crippen molar-refractivity contribution in [1.29, 1.82) is 0 Å². The van der Waals surface area contributed by atoms with Crippen LogP contribution in [0.1, 0.15) is 138 Å². The Morgan fingerprint density at radius 2 is 0.406 bits per heavy atom. The van der Waals surface area contributed by atoms with Gasteiger partial charge in [-0.05, 0) is 111 Å². The zero-order valence-electron chi connectivity index (χ0n) is 62.7. The molecule has 22 nitrogen and oxygen atoms in total. The molecule has 0 rings (SSSR count). The zero-order chi connectivity index (χ0) is 75.1. The van der Waals surface area contributed by atoms with Gasteiger partial charge in [-0.2, -0.15) is 0 Å². The first-order chi connectivity index (χ1) is 49.1. The van der Waals surface area contributed by atoms with Crippen LogP contribution in [0.15, 0.2) is 0 Å². The molecule has 0 saturated carbocycles. The van der Waals surface area contributed by atoms with E-state index in [2.05, 4.69) is 61.1 Å². The van der Waals surface area contributed by atoms with Crippen molar-refractivity contribution < 1.29 is 77.6 Å². The summed E-state index contributed by atoms with van der Waals surface area (Å²) < 4.78 is 31.9. The molecule has 600 valence electrons. The molecule has 0 heterocycles. The predicted octanol–water partition coefficient (Wildman–Crippen LogP) is 11.5. The van der Waals surface area contributed by atoms with E-state index in [-0.39, 0.29) is 87.9 Å². The Kier molecular flexibility index (Phi) is 90.3. The normalized spacial score (nSPS) is 11.3. The lowest BCUT2D eigenvalue weighted by Gasteiger charge is -2.24. The first-order valence-corrected chi connectivity index (χ1v) is 51.2. The minimum Gasteiger partial charge on any atom is -0.465 e. The molecule has 0 aromatic rings. The molecule has 34 heteroatoms. The minimum absolute atomic E-state index is 0.0475. The lowest BCUT2D eigenvalue weighted by molar-refractivity contribution is -0.145. The van der Waals surface area contributed by atoms with Crippen molar-refractivity contribution in [3.05, 3.63) is 0 Å². The van der Waals surface area contributed by atoms with Gasteiger partial charge in [-0.25, -0.2) is 0 Å². The van der Waals surface area contributed by atoms with Gasteiger partial charge >= 0.3 is 35.8 Å². The second-order valence-corrected chi connectivity index (χ2v) is 38.8. The summed E-state index contributed by atoms with van der Waals surface area (Å²) in [7, 11) is 25.3. The topological polar surface area (TPSA) is 258 Å². The van der Waals surface area contributed by atoms with E-state index >= 15 is 0 Å². The van der Waals surface area contributed by atoms with Crippen LogP contribution in [0.3, 0.4) is 0 Å². The molecule has 0 aliphatic rings. The maximum atomic E-state index is 12.2. The number of esters is 6. The Morgan fingerprint density at radius 1 is 0.238 bits per heavy atom. The average Bonchev–Trinajstić information content (AvgIpc) is 2.88. The van der Waals surface area contributed by atoms with Gasteiger partial charge in [0, 0.05) is 134 Å². The molecular formula is C67H134N6O16S12. The fourth-order valence-corrected chi connectivity index (χ4v) is 19.9. The Balaban J connectivity index is -0.00000143. The standard InChI is InChI=1S/2C23H46N2O6S4.C21H42N2O4S4/c2*1-3-18-32-34-20-16-30-22(28)6-10-24(8-5-9-25(12-14-26)13-15-27)11-7-23(29)31-17-21-35-33-19-4-2;1-5-16-28-30-18-14-26-20(24)8-12-22(3)10-7-11-23(4)13-9-21(25)27-15-19-31-29-17-6-2/h2*26-27H,3-21H2,1-2H3;5-19H2,1-4H3. The summed E-state index contributed by atoms with van der Waals surface area (Å²) in [6.07, 6.45) is 11.5. The highest BCUT2D eigenvalue weighted by Gasteiger charge is 2.17. The summed E-state index contributed by atoms with van der Waals surface area (Å²) in [4.78, 5) is 84.7. The van der Waals surface area contributed by atoms with Gasteiger partial charge in [-0.3, -0.25) is 38.6 Å². The summed E-state index contributed by atoms with van der Waals surface area (Å²) >= 11 is 0. The number of hydrogen-bond donors (Lipinski definition) is 4. The van der Waals surface area contributed by atoms with E-state index in [1.807, 2.05) is 45.5 Å². The molecule has 0 atom stereocenters. The number of carbonyl (C=O) groups is 6. The van der Waals surface area contributed by atoms with Crippen LogP contribution in [-0.2, 0) is 57.2 Å². The average molecular weight is 1660 g/mol. The maximum Gasteiger partial charge on any atom is 0.307 e. The number of aliphatic hydroxyl groups is 4. The van der Waals surface area contributed by atoms with Gasteiger partial charge in [-0.15, -0.1) is 0 Å². The van der Waals surface area contributed by atoms with E-state index in [0.29, 0.717) is 131 Å². The predicted molar refractivity (Wildman–Crippen MR) is 448 cm³/mol. The van der Waals surface area contributed by atoms with Gasteiger partial charge < -0.3 is 68.4 Å². The maximum absolute atomic E-state index is 12.2. The molecule has 0 aromatic carbocycles. The molecule has 101 heavy (non-hydrogen) atoms. The number of carbonyl (C=O) groups excluding carboxylic acids is 6. The van der Waals surface area contributed by atoms with Crippen LogP contribution in [-0.4, -0.2) is 340 Å². The van der Waals surface area contributed by atoms with Crippen molar-refractivity contribution in [2.75, 3.05) is 254 Å². The SMILES string of the molecule is CCCSSCCOC(=O)CCN(C)CCCN(C)CCC(=O)OCCSSCCC.CCCSSCCOC(=O)CCN(CCCN(CCO)CCO)CCC(=O)OCCSSCCC.CCCSSCCOC(=O)CCN(CCCN(CCO)CCO)CCC(=O)OCCSSCCC. The first kappa shape index (κ1) is 106. The van der Waals surface area contributed by atoms with Crippen LogP contribution < -0.4 is 0 Å². The fourth-order valence-electron chi connectivity index (χ4n) is 8.12. The van der Waals surface area contributed by atoms with Crippen molar-refractivity contribution in [2.24, 2.45) is 0 Å². The van der Waals surface area contributed by atoms with Crippen molar-refractivity contribution in [3.63, 3.8) is 0 Å². The van der Waals surface area contributed by atoms with Crippen LogP contribution in [0.4, 0.5) is 0 Å². The molecule has 0 aromatic heterocycles. The van der Waals surface area contributed by atoms with Crippen molar-refractivity contribution in [1.82, 2.24) is 29.4 Å². The quantitative estimate of drug-likeness (QED) is 0.0191. The molecule has 0 aliphatic heterocycles. The largest absolute Gasteiger partial charge is 0.465 e. The molecule has 0 spiro atoms. The molecule has 0 saturated heterocycles. The first-order valence-electron chi connectivity index (χ1n) is 36.2. The van der Waals surface area contributed by atoms with E-state index in [4.69, 9.17) is 28.4 Å². The van der Waals surface area contributed by atoms with E-state index in [1.54, 1.807) is 108 Å². The molecule has 0 fully saturated rings. The van der Waals surface area contributed by atoms with Crippen LogP contribution in [0.5, 0.6) is 0 Å². The van der Waals surface area contributed by atoms with Gasteiger partial charge in [0.15, 0.2) is 0 Å². The smallest absolute Gasteiger partial charge is 0.307 e. The van der Waals surface area contributed by atoms with E-state index in [1.165, 1.54) is 12.8 Å². The number of rotatable bonds is 74. The van der Waals surface area contributed by atoms with E-state index in [9.17, 15) is 49.2 Å². The van der Waals surface area contributed by atoms with Gasteiger partial charge in [0.2, 0.25) is 0 Å². The number of nitrogens with zero attached hydrogens (tertiary/aromatic N) is 6. The minimum atomic E-state index is -0.220. The van der Waals surface area contributed by atoms with Crippen molar-refractivity contribution >= 4 is 165 Å².